The van der Waals surface area contributed by atoms with E-state index in [0.717, 1.165) is 17.5 Å². The average Bonchev–Trinajstić information content (AvgIpc) is 3.37. The number of aromatic nitrogens is 5. The van der Waals surface area contributed by atoms with E-state index in [9.17, 15) is 14.7 Å². The molecular formula is C24H29N7O4. The number of benzene rings is 1. The molecule has 2 amide bonds. The van der Waals surface area contributed by atoms with Gasteiger partial charge in [0.25, 0.3) is 5.91 Å². The summed E-state index contributed by atoms with van der Waals surface area (Å²) in [6.07, 6.45) is 2.03. The number of pyridine rings is 1. The zero-order chi connectivity index (χ0) is 24.9. The number of nitrogens with zero attached hydrogens (tertiary/aromatic N) is 6. The van der Waals surface area contributed by atoms with Gasteiger partial charge in [-0.1, -0.05) is 13.0 Å². The molecule has 2 N–H and O–H groups in total. The predicted octanol–water partition coefficient (Wildman–Crippen LogP) is 2.23. The smallest absolute Gasteiger partial charge is 0.260 e. The van der Waals surface area contributed by atoms with E-state index in [4.69, 9.17) is 4.74 Å². The molecule has 0 fully saturated rings. The van der Waals surface area contributed by atoms with Crippen LogP contribution in [-0.2, 0) is 17.8 Å². The van der Waals surface area contributed by atoms with Crippen LogP contribution < -0.4 is 10.1 Å². The van der Waals surface area contributed by atoms with Crippen molar-refractivity contribution in [2.75, 3.05) is 25.6 Å². The Morgan fingerprint density at radius 2 is 2.09 bits per heavy atom. The van der Waals surface area contributed by atoms with Crippen molar-refractivity contribution >= 4 is 17.6 Å². The monoisotopic (exact) mass is 479 g/mol. The number of carbonyl (C=O) groups is 2. The van der Waals surface area contributed by atoms with Crippen molar-refractivity contribution in [1.29, 1.82) is 0 Å². The maximum atomic E-state index is 13.2. The highest BCUT2D eigenvalue weighted by molar-refractivity contribution is 6.06. The fraction of sp³-hybridized carbons (Fsp3) is 0.417. The Kier molecular flexibility index (Phi) is 7.35. The van der Waals surface area contributed by atoms with E-state index in [2.05, 4.69) is 25.8 Å². The number of anilines is 1. The van der Waals surface area contributed by atoms with Gasteiger partial charge >= 0.3 is 0 Å². The van der Waals surface area contributed by atoms with Crippen LogP contribution in [0, 0.1) is 0 Å². The van der Waals surface area contributed by atoms with Gasteiger partial charge in [-0.05, 0) is 65.6 Å². The van der Waals surface area contributed by atoms with E-state index >= 15 is 0 Å². The second kappa shape index (κ2) is 10.6. The minimum absolute atomic E-state index is 0.124. The number of hydrogen-bond donors (Lipinski definition) is 2. The lowest BCUT2D eigenvalue weighted by molar-refractivity contribution is -0.132. The Morgan fingerprint density at radius 1 is 1.26 bits per heavy atom. The second-order valence-electron chi connectivity index (χ2n) is 8.48. The summed E-state index contributed by atoms with van der Waals surface area (Å²) in [5.41, 5.74) is 2.83. The van der Waals surface area contributed by atoms with Gasteiger partial charge in [0.2, 0.25) is 11.7 Å². The second-order valence-corrected chi connectivity index (χ2v) is 8.48. The summed E-state index contributed by atoms with van der Waals surface area (Å²) < 4.78 is 6.98. The van der Waals surface area contributed by atoms with Gasteiger partial charge in [-0.25, -0.2) is 9.67 Å². The van der Waals surface area contributed by atoms with Crippen molar-refractivity contribution in [2.45, 2.75) is 45.7 Å². The molecule has 1 aromatic carbocycles. The summed E-state index contributed by atoms with van der Waals surface area (Å²) in [6.45, 7) is 4.77. The molecule has 11 nitrogen and oxygen atoms in total. The van der Waals surface area contributed by atoms with Crippen molar-refractivity contribution in [3.05, 3.63) is 47.0 Å². The maximum absolute atomic E-state index is 13.2. The number of methoxy groups -OCH3 is 1. The molecule has 0 bridgehead atoms. The molecule has 1 aliphatic rings. The van der Waals surface area contributed by atoms with E-state index in [1.165, 1.54) is 11.8 Å². The predicted molar refractivity (Wildman–Crippen MR) is 128 cm³/mol. The van der Waals surface area contributed by atoms with Crippen LogP contribution in [-0.4, -0.2) is 67.3 Å². The topological polar surface area (TPSA) is 135 Å². The number of hydrogen-bond acceptors (Lipinski definition) is 8. The van der Waals surface area contributed by atoms with Gasteiger partial charge in [0, 0.05) is 19.5 Å². The van der Waals surface area contributed by atoms with Crippen molar-refractivity contribution in [3.63, 3.8) is 0 Å². The number of aliphatic hydroxyl groups is 1. The molecule has 0 radical (unpaired) electrons. The maximum Gasteiger partial charge on any atom is 0.260 e. The summed E-state index contributed by atoms with van der Waals surface area (Å²) in [7, 11) is 1.53. The number of carbonyl (C=O) groups excluding carboxylic acids is 2. The summed E-state index contributed by atoms with van der Waals surface area (Å²) in [6, 6.07) is 8.47. The van der Waals surface area contributed by atoms with Crippen molar-refractivity contribution < 1.29 is 19.4 Å². The minimum Gasteiger partial charge on any atom is -0.496 e. The van der Waals surface area contributed by atoms with Crippen molar-refractivity contribution in [1.82, 2.24) is 30.1 Å². The first kappa shape index (κ1) is 24.3. The number of tetrazole rings is 1. The van der Waals surface area contributed by atoms with Crippen LogP contribution in [0.4, 0.5) is 5.82 Å². The molecule has 2 aromatic heterocycles. The van der Waals surface area contributed by atoms with E-state index in [1.807, 2.05) is 17.9 Å². The van der Waals surface area contributed by atoms with Gasteiger partial charge in [0.15, 0.2) is 0 Å². The van der Waals surface area contributed by atoms with Crippen LogP contribution in [0.5, 0.6) is 5.75 Å². The highest BCUT2D eigenvalue weighted by atomic mass is 16.5. The average molecular weight is 480 g/mol. The molecule has 0 saturated heterocycles. The molecule has 0 unspecified atom stereocenters. The highest BCUT2D eigenvalue weighted by Gasteiger charge is 2.24. The molecule has 184 valence electrons. The van der Waals surface area contributed by atoms with Gasteiger partial charge in [0.1, 0.15) is 17.3 Å². The quantitative estimate of drug-likeness (QED) is 0.502. The third-order valence-corrected chi connectivity index (χ3v) is 5.99. The normalized spacial score (nSPS) is 13.8. The highest BCUT2D eigenvalue weighted by Crippen LogP contribution is 2.29. The minimum atomic E-state index is -0.380. The van der Waals surface area contributed by atoms with Crippen LogP contribution in [0.25, 0.3) is 11.5 Å². The van der Waals surface area contributed by atoms with Crippen LogP contribution in [0.2, 0.25) is 0 Å². The molecule has 3 heterocycles. The van der Waals surface area contributed by atoms with Crippen LogP contribution >= 0.6 is 0 Å². The number of aliphatic hydroxyl groups excluding tert-OH is 1. The summed E-state index contributed by atoms with van der Waals surface area (Å²) in [5, 5.41) is 23.9. The van der Waals surface area contributed by atoms with Crippen LogP contribution in [0.1, 0.15) is 54.2 Å². The molecule has 0 spiro atoms. The van der Waals surface area contributed by atoms with Gasteiger partial charge < -0.3 is 20.1 Å². The largest absolute Gasteiger partial charge is 0.496 e. The van der Waals surface area contributed by atoms with Crippen LogP contribution in [0.3, 0.4) is 0 Å². The lowest BCUT2D eigenvalue weighted by Gasteiger charge is -2.29. The van der Waals surface area contributed by atoms with E-state index in [1.54, 1.807) is 31.2 Å². The van der Waals surface area contributed by atoms with E-state index in [0.29, 0.717) is 54.6 Å². The Morgan fingerprint density at radius 3 is 2.83 bits per heavy atom. The van der Waals surface area contributed by atoms with Crippen molar-refractivity contribution in [3.8, 4) is 17.3 Å². The molecule has 11 heteroatoms. The first-order chi connectivity index (χ1) is 16.9. The number of amides is 2. The van der Waals surface area contributed by atoms with Crippen molar-refractivity contribution in [2.24, 2.45) is 0 Å². The van der Waals surface area contributed by atoms with Gasteiger partial charge in [-0.15, -0.1) is 5.10 Å². The number of nitrogens with one attached hydrogen (secondary N) is 1. The molecule has 4 rings (SSSR count). The standard InChI is InChI=1S/C24H29N7O4/c1-4-6-22(33)30-10-9-16-12-20(35-3)18(11-17(16)13-30)24(34)26-21-8-5-7-19(25-21)23-27-28-29-31(23)15(2)14-32/h5,7-8,11-12,15,32H,4,6,9-10,13-14H2,1-3H3,(H,25,26,34)/t15-/m1/s1. The Hall–Kier alpha value is -3.86. The summed E-state index contributed by atoms with van der Waals surface area (Å²) in [5.74, 6) is 0.906. The molecule has 3 aromatic rings. The SMILES string of the molecule is CCCC(=O)N1CCc2cc(OC)c(C(=O)Nc3cccc(-c4nnnn4[C@H](C)CO)n3)cc2C1. The molecule has 0 saturated carbocycles. The summed E-state index contributed by atoms with van der Waals surface area (Å²) in [4.78, 5) is 31.9. The Bertz CT molecular complexity index is 1230. The first-order valence-electron chi connectivity index (χ1n) is 11.6. The third-order valence-electron chi connectivity index (χ3n) is 5.99. The Labute approximate surface area is 203 Å². The van der Waals surface area contributed by atoms with Crippen LogP contribution in [0.15, 0.2) is 30.3 Å². The third kappa shape index (κ3) is 5.14. The first-order valence-corrected chi connectivity index (χ1v) is 11.6. The zero-order valence-corrected chi connectivity index (χ0v) is 20.1. The zero-order valence-electron chi connectivity index (χ0n) is 20.1. The van der Waals surface area contributed by atoms with Gasteiger partial charge in [-0.2, -0.15) is 0 Å². The lowest BCUT2D eigenvalue weighted by Crippen LogP contribution is -2.36. The lowest BCUT2D eigenvalue weighted by atomic mass is 9.96. The summed E-state index contributed by atoms with van der Waals surface area (Å²) >= 11 is 0. The fourth-order valence-corrected chi connectivity index (χ4v) is 4.07. The molecule has 35 heavy (non-hydrogen) atoms. The molecule has 1 aliphatic heterocycles. The fourth-order valence-electron chi connectivity index (χ4n) is 4.07. The van der Waals surface area contributed by atoms with E-state index < -0.39 is 0 Å². The van der Waals surface area contributed by atoms with Gasteiger partial charge in [0.05, 0.1) is 25.3 Å². The number of fused-ring (bicyclic) bond motifs is 1. The molecular weight excluding hydrogens is 450 g/mol. The number of rotatable bonds is 8. The number of ether oxygens (including phenoxy) is 1. The van der Waals surface area contributed by atoms with Gasteiger partial charge in [-0.3, -0.25) is 9.59 Å². The molecule has 1 atom stereocenters. The van der Waals surface area contributed by atoms with E-state index in [-0.39, 0.29) is 24.5 Å². The molecule has 0 aliphatic carbocycles. The Balaban J connectivity index is 1.58.